The molecule has 2 aliphatic heterocycles. The molecule has 190 valence electrons. The van der Waals surface area contributed by atoms with Crippen molar-refractivity contribution in [2.45, 2.75) is 32.2 Å². The van der Waals surface area contributed by atoms with Crippen molar-refractivity contribution in [3.8, 4) is 11.4 Å². The van der Waals surface area contributed by atoms with Gasteiger partial charge in [-0.2, -0.15) is 0 Å². The Morgan fingerprint density at radius 3 is 2.65 bits per heavy atom. The van der Waals surface area contributed by atoms with Gasteiger partial charge in [-0.15, -0.1) is 5.10 Å². The maximum absolute atomic E-state index is 13.4. The molecule has 1 saturated heterocycles. The third-order valence-corrected chi connectivity index (χ3v) is 7.11. The van der Waals surface area contributed by atoms with Crippen LogP contribution in [0.15, 0.2) is 82.4 Å². The summed E-state index contributed by atoms with van der Waals surface area (Å²) in [7, 11) is 0. The molecule has 9 heteroatoms. The van der Waals surface area contributed by atoms with Crippen molar-refractivity contribution in [2.24, 2.45) is 4.99 Å². The molecule has 8 nitrogen and oxygen atoms in total. The lowest BCUT2D eigenvalue weighted by molar-refractivity contribution is -0.115. The number of aliphatic imine (C=N–C) groups is 1. The van der Waals surface area contributed by atoms with Crippen LogP contribution in [0.25, 0.3) is 11.4 Å². The van der Waals surface area contributed by atoms with E-state index in [1.807, 2.05) is 42.5 Å². The number of H-pyrrole nitrogens is 1. The number of fused-ring (bicyclic) bond motifs is 1. The Kier molecular flexibility index (Phi) is 7.10. The molecule has 5 rings (SSSR count). The highest BCUT2D eigenvalue weighted by Gasteiger charge is 2.28. The van der Waals surface area contributed by atoms with Crippen molar-refractivity contribution < 1.29 is 4.79 Å². The number of nitrogens with one attached hydrogen (secondary N) is 1. The van der Waals surface area contributed by atoms with Gasteiger partial charge >= 0.3 is 5.69 Å². The fraction of sp³-hybridized carbons (Fsp3) is 0.286. The minimum atomic E-state index is -0.201. The number of aromatic amines is 1. The molecule has 0 aliphatic carbocycles. The average Bonchev–Trinajstić information content (AvgIpc) is 3.51. The van der Waals surface area contributed by atoms with E-state index in [-0.39, 0.29) is 17.6 Å². The molecule has 2 aromatic carbocycles. The van der Waals surface area contributed by atoms with Gasteiger partial charge in [0.1, 0.15) is 5.70 Å². The van der Waals surface area contributed by atoms with E-state index in [1.54, 1.807) is 34.9 Å². The first-order valence-corrected chi connectivity index (χ1v) is 12.8. The maximum atomic E-state index is 13.4. The standard InChI is InChI=1S/C28H29ClN6O2/c1-3-30-24(27(36)34-16-11-21-18-22(29)9-10-25(21)34)17-19(2)33-14-12-23(13-15-33)35-28(37)31-26(32-35)20-7-5-4-6-8-20/h3-10,17-18,23H,2,11-16H2,1H3,(H,31,32,37)/b24-17-,30-3?. The van der Waals surface area contributed by atoms with Gasteiger partial charge in [-0.1, -0.05) is 48.5 Å². The molecule has 0 saturated carbocycles. The summed E-state index contributed by atoms with van der Waals surface area (Å²) < 4.78 is 1.56. The van der Waals surface area contributed by atoms with Crippen LogP contribution in [-0.2, 0) is 11.2 Å². The van der Waals surface area contributed by atoms with Gasteiger partial charge < -0.3 is 9.80 Å². The third kappa shape index (κ3) is 5.15. The predicted octanol–water partition coefficient (Wildman–Crippen LogP) is 4.61. The summed E-state index contributed by atoms with van der Waals surface area (Å²) in [4.78, 5) is 37.1. The molecule has 0 spiro atoms. The number of rotatable bonds is 6. The number of nitrogens with zero attached hydrogens (tertiary/aromatic N) is 5. The Balaban J connectivity index is 1.27. The molecule has 1 fully saturated rings. The van der Waals surface area contributed by atoms with Crippen molar-refractivity contribution in [3.05, 3.63) is 93.7 Å². The van der Waals surface area contributed by atoms with Crippen LogP contribution < -0.4 is 10.6 Å². The molecular formula is C28H29ClN6O2. The first-order chi connectivity index (χ1) is 17.9. The lowest BCUT2D eigenvalue weighted by Crippen LogP contribution is -2.37. The second kappa shape index (κ2) is 10.6. The van der Waals surface area contributed by atoms with Gasteiger partial charge in [0.2, 0.25) is 0 Å². The van der Waals surface area contributed by atoms with Crippen LogP contribution in [-0.4, -0.2) is 51.4 Å². The number of aromatic nitrogens is 3. The lowest BCUT2D eigenvalue weighted by atomic mass is 10.0. The molecule has 1 amide bonds. The Hall–Kier alpha value is -3.91. The van der Waals surface area contributed by atoms with Crippen LogP contribution in [0.2, 0.25) is 5.02 Å². The van der Waals surface area contributed by atoms with Crippen LogP contribution in [0.3, 0.4) is 0 Å². The zero-order chi connectivity index (χ0) is 25.9. The molecule has 0 unspecified atom stereocenters. The van der Waals surface area contributed by atoms with E-state index in [2.05, 4.69) is 26.6 Å². The number of anilines is 1. The topological polar surface area (TPSA) is 86.6 Å². The third-order valence-electron chi connectivity index (χ3n) is 6.88. The smallest absolute Gasteiger partial charge is 0.343 e. The van der Waals surface area contributed by atoms with Crippen molar-refractivity contribution >= 4 is 29.4 Å². The summed E-state index contributed by atoms with van der Waals surface area (Å²) in [5, 5.41) is 5.22. The number of likely N-dealkylation sites (tertiary alicyclic amines) is 1. The minimum Gasteiger partial charge on any atom is -0.372 e. The van der Waals surface area contributed by atoms with Gasteiger partial charge in [0, 0.05) is 47.8 Å². The van der Waals surface area contributed by atoms with Crippen LogP contribution >= 0.6 is 11.6 Å². The molecule has 0 atom stereocenters. The summed E-state index contributed by atoms with van der Waals surface area (Å²) in [6.45, 7) is 7.99. The van der Waals surface area contributed by atoms with E-state index in [0.717, 1.165) is 41.8 Å². The zero-order valence-corrected chi connectivity index (χ0v) is 21.5. The van der Waals surface area contributed by atoms with Crippen LogP contribution in [0.5, 0.6) is 0 Å². The molecule has 2 aliphatic rings. The Morgan fingerprint density at radius 1 is 1.16 bits per heavy atom. The number of benzene rings is 2. The second-order valence-corrected chi connectivity index (χ2v) is 9.63. The highest BCUT2D eigenvalue weighted by Crippen LogP contribution is 2.32. The van der Waals surface area contributed by atoms with Crippen molar-refractivity contribution in [3.63, 3.8) is 0 Å². The molecule has 0 bridgehead atoms. The Labute approximate surface area is 220 Å². The van der Waals surface area contributed by atoms with Crippen LogP contribution in [0.1, 0.15) is 31.4 Å². The SMILES string of the molecule is C=C(/C=C(\N=CC)C(=O)N1CCc2cc(Cl)ccc21)N1CCC(n2nc(-c3ccccc3)[nH]c2=O)CC1. The monoisotopic (exact) mass is 516 g/mol. The number of carbonyl (C=O) groups excluding carboxylic acids is 1. The number of amides is 1. The van der Waals surface area contributed by atoms with Gasteiger partial charge in [-0.05, 0) is 56.0 Å². The van der Waals surface area contributed by atoms with Crippen molar-refractivity contribution in [2.75, 3.05) is 24.5 Å². The normalized spacial score (nSPS) is 16.4. The van der Waals surface area contributed by atoms with E-state index >= 15 is 0 Å². The number of piperidine rings is 1. The van der Waals surface area contributed by atoms with E-state index in [4.69, 9.17) is 11.6 Å². The van der Waals surface area contributed by atoms with E-state index in [1.165, 1.54) is 0 Å². The van der Waals surface area contributed by atoms with Crippen molar-refractivity contribution in [1.29, 1.82) is 0 Å². The van der Waals surface area contributed by atoms with Gasteiger partial charge in [0.25, 0.3) is 5.91 Å². The number of hydrogen-bond donors (Lipinski definition) is 1. The molecule has 3 aromatic rings. The number of allylic oxidation sites excluding steroid dienone is 1. The van der Waals surface area contributed by atoms with Gasteiger partial charge in [-0.25, -0.2) is 9.48 Å². The highest BCUT2D eigenvalue weighted by atomic mass is 35.5. The van der Waals surface area contributed by atoms with E-state index in [0.29, 0.717) is 36.2 Å². The number of halogens is 1. The van der Waals surface area contributed by atoms with E-state index in [9.17, 15) is 9.59 Å². The quantitative estimate of drug-likeness (QED) is 0.294. The van der Waals surface area contributed by atoms with Crippen LogP contribution in [0.4, 0.5) is 5.69 Å². The summed E-state index contributed by atoms with van der Waals surface area (Å²) in [5.74, 6) is 0.415. The molecule has 0 radical (unpaired) electrons. The lowest BCUT2D eigenvalue weighted by Gasteiger charge is -2.33. The second-order valence-electron chi connectivity index (χ2n) is 9.20. The van der Waals surface area contributed by atoms with Crippen molar-refractivity contribution in [1.82, 2.24) is 19.7 Å². The summed E-state index contributed by atoms with van der Waals surface area (Å²) >= 11 is 6.13. The average molecular weight is 517 g/mol. The fourth-order valence-corrected chi connectivity index (χ4v) is 5.16. The van der Waals surface area contributed by atoms with Gasteiger partial charge in [-0.3, -0.25) is 14.8 Å². The molecular weight excluding hydrogens is 488 g/mol. The fourth-order valence-electron chi connectivity index (χ4n) is 4.97. The molecule has 37 heavy (non-hydrogen) atoms. The Bertz CT molecular complexity index is 1430. The molecule has 3 heterocycles. The van der Waals surface area contributed by atoms with E-state index < -0.39 is 0 Å². The Morgan fingerprint density at radius 2 is 1.92 bits per heavy atom. The largest absolute Gasteiger partial charge is 0.372 e. The summed E-state index contributed by atoms with van der Waals surface area (Å²) in [6.07, 6.45) is 5.62. The van der Waals surface area contributed by atoms with Crippen LogP contribution in [0, 0.1) is 0 Å². The maximum Gasteiger partial charge on any atom is 0.343 e. The first-order valence-electron chi connectivity index (χ1n) is 12.4. The highest BCUT2D eigenvalue weighted by molar-refractivity contribution is 6.30. The summed E-state index contributed by atoms with van der Waals surface area (Å²) in [6, 6.07) is 15.2. The minimum absolute atomic E-state index is 0.00284. The van der Waals surface area contributed by atoms with Gasteiger partial charge in [0.15, 0.2) is 5.82 Å². The number of hydrogen-bond acceptors (Lipinski definition) is 5. The first kappa shape index (κ1) is 24.8. The number of carbonyl (C=O) groups is 1. The molecule has 1 N–H and O–H groups in total. The molecule has 1 aromatic heterocycles. The summed E-state index contributed by atoms with van der Waals surface area (Å²) in [5.41, 5.74) is 3.68. The predicted molar refractivity (Wildman–Crippen MR) is 147 cm³/mol. The zero-order valence-electron chi connectivity index (χ0n) is 20.7. The van der Waals surface area contributed by atoms with Gasteiger partial charge in [0.05, 0.1) is 6.04 Å².